The van der Waals surface area contributed by atoms with Crippen LogP contribution in [-0.2, 0) is 4.79 Å². The Kier molecular flexibility index (Phi) is 17.6. The quantitative estimate of drug-likeness (QED) is 0.200. The zero-order valence-electron chi connectivity index (χ0n) is 15.6. The molecule has 0 saturated heterocycles. The molecule has 0 bridgehead atoms. The second kappa shape index (κ2) is 16.3. The first kappa shape index (κ1) is 24.7. The Balaban J connectivity index is 0. The maximum Gasteiger partial charge on any atom is 0.222 e. The van der Waals surface area contributed by atoms with Gasteiger partial charge in [-0.3, -0.25) is 9.79 Å². The number of rotatable bonds is 11. The average Bonchev–Trinajstić information content (AvgIpc) is 2.51. The summed E-state index contributed by atoms with van der Waals surface area (Å²) < 4.78 is 0. The molecule has 0 radical (unpaired) electrons. The highest BCUT2D eigenvalue weighted by atomic mass is 127. The van der Waals surface area contributed by atoms with Crippen molar-refractivity contribution in [3.05, 3.63) is 0 Å². The summed E-state index contributed by atoms with van der Waals surface area (Å²) >= 11 is 0. The van der Waals surface area contributed by atoms with Gasteiger partial charge in [0.2, 0.25) is 5.91 Å². The molecule has 0 aliphatic heterocycles. The van der Waals surface area contributed by atoms with E-state index in [1.165, 1.54) is 32.1 Å². The molecular weight excluding hydrogens is 403 g/mol. The average molecular weight is 440 g/mol. The predicted octanol–water partition coefficient (Wildman–Crippen LogP) is 3.15. The zero-order chi connectivity index (χ0) is 16.8. The van der Waals surface area contributed by atoms with Crippen LogP contribution in [0.4, 0.5) is 0 Å². The molecule has 0 heterocycles. The van der Waals surface area contributed by atoms with Crippen molar-refractivity contribution in [2.45, 2.75) is 59.8 Å². The van der Waals surface area contributed by atoms with E-state index in [1.54, 1.807) is 7.05 Å². The number of halogens is 1. The Morgan fingerprint density at radius 3 is 2.17 bits per heavy atom. The maximum atomic E-state index is 11.5. The molecule has 0 aromatic rings. The fraction of sp³-hybridized carbons (Fsp3) is 0.882. The molecule has 1 amide bonds. The molecule has 6 heteroatoms. The number of hydrogen-bond donors (Lipinski definition) is 3. The molecule has 0 saturated carbocycles. The number of nitrogens with one attached hydrogen (secondary N) is 3. The SMILES string of the molecule is CCCCC(CCC)CNC(=NC)NCCNC(=O)C(C)C.I. The summed E-state index contributed by atoms with van der Waals surface area (Å²) in [5, 5.41) is 9.53. The molecular formula is C17H37IN4O. The number of guanidine groups is 1. The predicted molar refractivity (Wildman–Crippen MR) is 111 cm³/mol. The largest absolute Gasteiger partial charge is 0.356 e. The highest BCUT2D eigenvalue weighted by Gasteiger charge is 2.09. The van der Waals surface area contributed by atoms with Crippen LogP contribution < -0.4 is 16.0 Å². The third-order valence-electron chi connectivity index (χ3n) is 3.69. The number of carbonyl (C=O) groups is 1. The summed E-state index contributed by atoms with van der Waals surface area (Å²) in [6.45, 7) is 10.5. The van der Waals surface area contributed by atoms with Gasteiger partial charge in [-0.25, -0.2) is 0 Å². The molecule has 1 atom stereocenters. The van der Waals surface area contributed by atoms with Gasteiger partial charge < -0.3 is 16.0 Å². The first-order valence-electron chi connectivity index (χ1n) is 8.77. The minimum Gasteiger partial charge on any atom is -0.356 e. The fourth-order valence-corrected chi connectivity index (χ4v) is 2.28. The number of carbonyl (C=O) groups excluding carboxylic acids is 1. The smallest absolute Gasteiger partial charge is 0.222 e. The minimum atomic E-state index is 0. The molecule has 1 unspecified atom stereocenters. The van der Waals surface area contributed by atoms with E-state index in [4.69, 9.17) is 0 Å². The molecule has 0 fully saturated rings. The van der Waals surface area contributed by atoms with Crippen LogP contribution in [0.2, 0.25) is 0 Å². The van der Waals surface area contributed by atoms with Gasteiger partial charge >= 0.3 is 0 Å². The van der Waals surface area contributed by atoms with Crippen LogP contribution in [0.5, 0.6) is 0 Å². The molecule has 0 aliphatic rings. The van der Waals surface area contributed by atoms with Crippen LogP contribution in [0.15, 0.2) is 4.99 Å². The molecule has 0 aromatic carbocycles. The highest BCUT2D eigenvalue weighted by molar-refractivity contribution is 14.0. The van der Waals surface area contributed by atoms with Gasteiger partial charge in [-0.1, -0.05) is 47.0 Å². The topological polar surface area (TPSA) is 65.5 Å². The van der Waals surface area contributed by atoms with Crippen LogP contribution in [0.1, 0.15) is 59.8 Å². The maximum absolute atomic E-state index is 11.5. The lowest BCUT2D eigenvalue weighted by molar-refractivity contribution is -0.123. The number of nitrogens with zero attached hydrogens (tertiary/aromatic N) is 1. The number of aliphatic imine (C=N–C) groups is 1. The number of amides is 1. The summed E-state index contributed by atoms with van der Waals surface area (Å²) in [6.07, 6.45) is 6.30. The van der Waals surface area contributed by atoms with Crippen LogP contribution in [0.25, 0.3) is 0 Å². The normalized spacial score (nSPS) is 12.5. The van der Waals surface area contributed by atoms with Crippen molar-refractivity contribution in [1.29, 1.82) is 0 Å². The Labute approximate surface area is 159 Å². The Hall–Kier alpha value is -0.530. The first-order valence-corrected chi connectivity index (χ1v) is 8.77. The lowest BCUT2D eigenvalue weighted by atomic mass is 9.97. The van der Waals surface area contributed by atoms with E-state index in [0.717, 1.165) is 12.5 Å². The molecule has 0 aromatic heterocycles. The van der Waals surface area contributed by atoms with E-state index in [0.29, 0.717) is 19.0 Å². The summed E-state index contributed by atoms with van der Waals surface area (Å²) in [4.78, 5) is 15.7. The van der Waals surface area contributed by atoms with Crippen LogP contribution in [-0.4, -0.2) is 38.5 Å². The third-order valence-corrected chi connectivity index (χ3v) is 3.69. The third kappa shape index (κ3) is 13.6. The summed E-state index contributed by atoms with van der Waals surface area (Å²) in [6, 6.07) is 0. The summed E-state index contributed by atoms with van der Waals surface area (Å²) in [5.41, 5.74) is 0. The van der Waals surface area contributed by atoms with Crippen molar-refractivity contribution in [3.8, 4) is 0 Å². The van der Waals surface area contributed by atoms with Crippen LogP contribution in [0.3, 0.4) is 0 Å². The molecule has 23 heavy (non-hydrogen) atoms. The second-order valence-corrected chi connectivity index (χ2v) is 6.12. The van der Waals surface area contributed by atoms with E-state index >= 15 is 0 Å². The van der Waals surface area contributed by atoms with Gasteiger partial charge in [-0.15, -0.1) is 24.0 Å². The minimum absolute atomic E-state index is 0. The van der Waals surface area contributed by atoms with Crippen molar-refractivity contribution < 1.29 is 4.79 Å². The van der Waals surface area contributed by atoms with Crippen molar-refractivity contribution >= 4 is 35.8 Å². The van der Waals surface area contributed by atoms with Gasteiger partial charge in [0.15, 0.2) is 5.96 Å². The van der Waals surface area contributed by atoms with E-state index in [1.807, 2.05) is 13.8 Å². The first-order chi connectivity index (χ1) is 10.5. The molecule has 0 rings (SSSR count). The van der Waals surface area contributed by atoms with Crippen LogP contribution >= 0.6 is 24.0 Å². The van der Waals surface area contributed by atoms with Gasteiger partial charge in [-0.05, 0) is 18.8 Å². The van der Waals surface area contributed by atoms with Crippen molar-refractivity contribution in [2.24, 2.45) is 16.8 Å². The lowest BCUT2D eigenvalue weighted by Crippen LogP contribution is -2.43. The summed E-state index contributed by atoms with van der Waals surface area (Å²) in [5.74, 6) is 1.65. The Morgan fingerprint density at radius 2 is 1.65 bits per heavy atom. The Morgan fingerprint density at radius 1 is 1.00 bits per heavy atom. The fourth-order valence-electron chi connectivity index (χ4n) is 2.28. The zero-order valence-corrected chi connectivity index (χ0v) is 17.9. The van der Waals surface area contributed by atoms with Crippen molar-refractivity contribution in [3.63, 3.8) is 0 Å². The number of unbranched alkanes of at least 4 members (excludes halogenated alkanes) is 1. The van der Waals surface area contributed by atoms with Gasteiger partial charge in [0.05, 0.1) is 0 Å². The standard InChI is InChI=1S/C17H36N4O.HI/c1-6-8-10-15(9-7-2)13-21-17(18-5)20-12-11-19-16(22)14(3)4;/h14-15H,6-13H2,1-5H3,(H,19,22)(H2,18,20,21);1H. The lowest BCUT2D eigenvalue weighted by Gasteiger charge is -2.19. The molecule has 0 spiro atoms. The van der Waals surface area contributed by atoms with Gasteiger partial charge in [-0.2, -0.15) is 0 Å². The van der Waals surface area contributed by atoms with Crippen molar-refractivity contribution in [1.82, 2.24) is 16.0 Å². The molecule has 3 N–H and O–H groups in total. The van der Waals surface area contributed by atoms with Gasteiger partial charge in [0, 0.05) is 32.6 Å². The second-order valence-electron chi connectivity index (χ2n) is 6.12. The van der Waals surface area contributed by atoms with E-state index < -0.39 is 0 Å². The Bertz CT molecular complexity index is 322. The van der Waals surface area contributed by atoms with Gasteiger partial charge in [0.25, 0.3) is 0 Å². The molecule has 0 aliphatic carbocycles. The monoisotopic (exact) mass is 440 g/mol. The number of hydrogen-bond acceptors (Lipinski definition) is 2. The van der Waals surface area contributed by atoms with E-state index in [9.17, 15) is 4.79 Å². The van der Waals surface area contributed by atoms with Crippen LogP contribution in [0, 0.1) is 11.8 Å². The van der Waals surface area contributed by atoms with Gasteiger partial charge in [0.1, 0.15) is 0 Å². The molecule has 138 valence electrons. The van der Waals surface area contributed by atoms with Crippen molar-refractivity contribution in [2.75, 3.05) is 26.7 Å². The molecule has 5 nitrogen and oxygen atoms in total. The highest BCUT2D eigenvalue weighted by Crippen LogP contribution is 2.13. The van der Waals surface area contributed by atoms with E-state index in [-0.39, 0.29) is 35.8 Å². The summed E-state index contributed by atoms with van der Waals surface area (Å²) in [7, 11) is 1.78. The van der Waals surface area contributed by atoms with E-state index in [2.05, 4.69) is 34.8 Å².